The molecular weight excluding hydrogens is 204 g/mol. The molecule has 0 bridgehead atoms. The highest BCUT2D eigenvalue weighted by Crippen LogP contribution is 2.21. The summed E-state index contributed by atoms with van der Waals surface area (Å²) in [4.78, 5) is 2.21. The Morgan fingerprint density at radius 2 is 2.06 bits per heavy atom. The van der Waals surface area contributed by atoms with Gasteiger partial charge in [0.25, 0.3) is 0 Å². The Kier molecular flexibility index (Phi) is 5.08. The van der Waals surface area contributed by atoms with Crippen LogP contribution in [0.3, 0.4) is 0 Å². The molecule has 0 heterocycles. The summed E-state index contributed by atoms with van der Waals surface area (Å²) in [5.74, 6) is 0.225. The Bertz CT molecular complexity index is 329. The van der Waals surface area contributed by atoms with E-state index in [1.54, 1.807) is 12.1 Å². The van der Waals surface area contributed by atoms with Crippen LogP contribution in [0.1, 0.15) is 12.5 Å². The van der Waals surface area contributed by atoms with Crippen LogP contribution in [0.4, 0.5) is 0 Å². The number of phenolic OH excluding ortho intramolecular Hbond substituents is 2. The van der Waals surface area contributed by atoms with Crippen molar-refractivity contribution in [3.8, 4) is 11.5 Å². The quantitative estimate of drug-likeness (QED) is 0.634. The van der Waals surface area contributed by atoms with E-state index >= 15 is 0 Å². The zero-order chi connectivity index (χ0) is 12.0. The van der Waals surface area contributed by atoms with Gasteiger partial charge < -0.3 is 20.4 Å². The molecule has 3 N–H and O–H groups in total. The largest absolute Gasteiger partial charge is 0.508 e. The second-order valence-electron chi connectivity index (χ2n) is 3.89. The summed E-state index contributed by atoms with van der Waals surface area (Å²) in [7, 11) is 2.07. The molecule has 0 aliphatic heterocycles. The number of rotatable bonds is 6. The summed E-state index contributed by atoms with van der Waals surface area (Å²) in [6, 6.07) is 4.66. The normalized spacial score (nSPS) is 10.9. The van der Waals surface area contributed by atoms with Crippen molar-refractivity contribution < 1.29 is 10.2 Å². The molecular formula is C12H20N2O2. The number of phenols is 2. The van der Waals surface area contributed by atoms with Crippen LogP contribution < -0.4 is 5.32 Å². The number of aromatic hydroxyl groups is 2. The lowest BCUT2D eigenvalue weighted by molar-refractivity contribution is 0.348. The first-order chi connectivity index (χ1) is 7.63. The van der Waals surface area contributed by atoms with E-state index in [-0.39, 0.29) is 11.5 Å². The van der Waals surface area contributed by atoms with E-state index < -0.39 is 0 Å². The third kappa shape index (κ3) is 4.08. The predicted molar refractivity (Wildman–Crippen MR) is 64.6 cm³/mol. The second-order valence-corrected chi connectivity index (χ2v) is 3.89. The van der Waals surface area contributed by atoms with Gasteiger partial charge in [0.05, 0.1) is 0 Å². The summed E-state index contributed by atoms with van der Waals surface area (Å²) < 4.78 is 0. The molecule has 16 heavy (non-hydrogen) atoms. The Labute approximate surface area is 96.5 Å². The summed E-state index contributed by atoms with van der Waals surface area (Å²) in [6.07, 6.45) is 0. The molecule has 0 aliphatic carbocycles. The average Bonchev–Trinajstić information content (AvgIpc) is 2.26. The molecule has 90 valence electrons. The van der Waals surface area contributed by atoms with Gasteiger partial charge in [0.1, 0.15) is 11.5 Å². The van der Waals surface area contributed by atoms with Gasteiger partial charge in [-0.25, -0.2) is 0 Å². The van der Waals surface area contributed by atoms with Crippen molar-refractivity contribution in [3.63, 3.8) is 0 Å². The number of nitrogens with zero attached hydrogens (tertiary/aromatic N) is 1. The monoisotopic (exact) mass is 224 g/mol. The van der Waals surface area contributed by atoms with Crippen molar-refractivity contribution in [1.82, 2.24) is 10.2 Å². The van der Waals surface area contributed by atoms with Crippen molar-refractivity contribution in [3.05, 3.63) is 23.8 Å². The molecule has 4 heteroatoms. The van der Waals surface area contributed by atoms with Crippen LogP contribution in [0.5, 0.6) is 11.5 Å². The molecule has 0 radical (unpaired) electrons. The van der Waals surface area contributed by atoms with Crippen molar-refractivity contribution >= 4 is 0 Å². The van der Waals surface area contributed by atoms with E-state index in [1.807, 2.05) is 0 Å². The van der Waals surface area contributed by atoms with Gasteiger partial charge in [-0.2, -0.15) is 0 Å². The fraction of sp³-hybridized carbons (Fsp3) is 0.500. The van der Waals surface area contributed by atoms with Gasteiger partial charge >= 0.3 is 0 Å². The highest BCUT2D eigenvalue weighted by molar-refractivity contribution is 5.38. The minimum absolute atomic E-state index is 0.0898. The maximum Gasteiger partial charge on any atom is 0.123 e. The molecule has 1 aromatic carbocycles. The SMILES string of the molecule is CCN(C)CCNCc1ccc(O)cc1O. The van der Waals surface area contributed by atoms with Crippen LogP contribution in [0.2, 0.25) is 0 Å². The number of benzene rings is 1. The van der Waals surface area contributed by atoms with Crippen molar-refractivity contribution in [2.24, 2.45) is 0 Å². The van der Waals surface area contributed by atoms with E-state index in [0.29, 0.717) is 6.54 Å². The van der Waals surface area contributed by atoms with Gasteiger partial charge in [-0.15, -0.1) is 0 Å². The first-order valence-electron chi connectivity index (χ1n) is 5.53. The highest BCUT2D eigenvalue weighted by Gasteiger charge is 2.01. The maximum atomic E-state index is 9.54. The average molecular weight is 224 g/mol. The van der Waals surface area contributed by atoms with Crippen LogP contribution in [0.25, 0.3) is 0 Å². The van der Waals surface area contributed by atoms with Gasteiger partial charge in [0.15, 0.2) is 0 Å². The molecule has 0 fully saturated rings. The molecule has 0 saturated heterocycles. The van der Waals surface area contributed by atoms with Crippen molar-refractivity contribution in [1.29, 1.82) is 0 Å². The molecule has 0 aromatic heterocycles. The van der Waals surface area contributed by atoms with E-state index in [0.717, 1.165) is 25.2 Å². The smallest absolute Gasteiger partial charge is 0.123 e. The van der Waals surface area contributed by atoms with Gasteiger partial charge in [0, 0.05) is 31.3 Å². The molecule has 0 atom stereocenters. The Morgan fingerprint density at radius 1 is 1.31 bits per heavy atom. The van der Waals surface area contributed by atoms with Crippen LogP contribution in [0, 0.1) is 0 Å². The fourth-order valence-corrected chi connectivity index (χ4v) is 1.35. The zero-order valence-corrected chi connectivity index (χ0v) is 9.90. The lowest BCUT2D eigenvalue weighted by Crippen LogP contribution is -2.28. The second kappa shape index (κ2) is 6.35. The third-order valence-corrected chi connectivity index (χ3v) is 2.59. The molecule has 0 amide bonds. The first-order valence-corrected chi connectivity index (χ1v) is 5.53. The van der Waals surface area contributed by atoms with E-state index in [4.69, 9.17) is 5.11 Å². The zero-order valence-electron chi connectivity index (χ0n) is 9.90. The Balaban J connectivity index is 2.32. The van der Waals surface area contributed by atoms with Gasteiger partial charge in [-0.3, -0.25) is 0 Å². The van der Waals surface area contributed by atoms with Crippen LogP contribution in [-0.4, -0.2) is 41.8 Å². The molecule has 1 rings (SSSR count). The van der Waals surface area contributed by atoms with Gasteiger partial charge in [-0.1, -0.05) is 13.0 Å². The molecule has 0 saturated carbocycles. The summed E-state index contributed by atoms with van der Waals surface area (Å²) >= 11 is 0. The van der Waals surface area contributed by atoms with Gasteiger partial charge in [0.2, 0.25) is 0 Å². The summed E-state index contributed by atoms with van der Waals surface area (Å²) in [6.45, 7) is 5.63. The number of hydrogen-bond acceptors (Lipinski definition) is 4. The molecule has 0 aliphatic rings. The first kappa shape index (κ1) is 12.8. The molecule has 1 aromatic rings. The standard InChI is InChI=1S/C12H20N2O2/c1-3-14(2)7-6-13-9-10-4-5-11(15)8-12(10)16/h4-5,8,13,15-16H,3,6-7,9H2,1-2H3. The van der Waals surface area contributed by atoms with E-state index in [1.165, 1.54) is 6.07 Å². The highest BCUT2D eigenvalue weighted by atomic mass is 16.3. The predicted octanol–water partition coefficient (Wildman–Crippen LogP) is 1.14. The summed E-state index contributed by atoms with van der Waals surface area (Å²) in [5.41, 5.74) is 0.803. The van der Waals surface area contributed by atoms with Crippen LogP contribution >= 0.6 is 0 Å². The van der Waals surface area contributed by atoms with Crippen LogP contribution in [0.15, 0.2) is 18.2 Å². The minimum Gasteiger partial charge on any atom is -0.508 e. The van der Waals surface area contributed by atoms with E-state index in [9.17, 15) is 5.11 Å². The Morgan fingerprint density at radius 3 is 2.69 bits per heavy atom. The number of likely N-dealkylation sites (N-methyl/N-ethyl adjacent to an activating group) is 1. The fourth-order valence-electron chi connectivity index (χ4n) is 1.35. The number of hydrogen-bond donors (Lipinski definition) is 3. The van der Waals surface area contributed by atoms with Crippen molar-refractivity contribution in [2.45, 2.75) is 13.5 Å². The summed E-state index contributed by atoms with van der Waals surface area (Å²) in [5, 5.41) is 21.9. The lowest BCUT2D eigenvalue weighted by atomic mass is 10.2. The lowest BCUT2D eigenvalue weighted by Gasteiger charge is -2.14. The molecule has 0 unspecified atom stereocenters. The van der Waals surface area contributed by atoms with Gasteiger partial charge in [-0.05, 0) is 19.7 Å². The maximum absolute atomic E-state index is 9.54. The topological polar surface area (TPSA) is 55.7 Å². The van der Waals surface area contributed by atoms with Crippen molar-refractivity contribution in [2.75, 3.05) is 26.7 Å². The number of nitrogens with one attached hydrogen (secondary N) is 1. The van der Waals surface area contributed by atoms with Crippen LogP contribution in [-0.2, 0) is 6.54 Å². The Hall–Kier alpha value is -1.26. The molecule has 4 nitrogen and oxygen atoms in total. The third-order valence-electron chi connectivity index (χ3n) is 2.59. The van der Waals surface area contributed by atoms with E-state index in [2.05, 4.69) is 24.2 Å². The minimum atomic E-state index is 0.0898. The molecule has 0 spiro atoms.